The van der Waals surface area contributed by atoms with Crippen LogP contribution >= 0.6 is 0 Å². The Morgan fingerprint density at radius 2 is 2.00 bits per heavy atom. The first-order valence-electron chi connectivity index (χ1n) is 9.47. The molecule has 0 saturated carbocycles. The molecular formula is C18H33N3O. The second-order valence-corrected chi connectivity index (χ2v) is 7.68. The Labute approximate surface area is 135 Å². The lowest BCUT2D eigenvalue weighted by Gasteiger charge is -2.40. The first kappa shape index (κ1) is 16.3. The summed E-state index contributed by atoms with van der Waals surface area (Å²) < 4.78 is 0. The highest BCUT2D eigenvalue weighted by molar-refractivity contribution is 5.79. The molecular weight excluding hydrogens is 274 g/mol. The largest absolute Gasteiger partial charge is 0.342 e. The molecule has 0 aromatic carbocycles. The molecule has 3 aliphatic heterocycles. The van der Waals surface area contributed by atoms with Gasteiger partial charge in [-0.05, 0) is 64.5 Å². The maximum absolute atomic E-state index is 12.7. The lowest BCUT2D eigenvalue weighted by Crippen LogP contribution is -2.49. The summed E-state index contributed by atoms with van der Waals surface area (Å²) >= 11 is 0. The van der Waals surface area contributed by atoms with Crippen molar-refractivity contribution >= 4 is 5.91 Å². The van der Waals surface area contributed by atoms with E-state index in [1.165, 1.54) is 45.2 Å². The third kappa shape index (κ3) is 4.02. The molecule has 3 unspecified atom stereocenters. The van der Waals surface area contributed by atoms with Crippen molar-refractivity contribution in [3.05, 3.63) is 0 Å². The lowest BCUT2D eigenvalue weighted by molar-refractivity contribution is -0.138. The molecule has 4 nitrogen and oxygen atoms in total. The van der Waals surface area contributed by atoms with Crippen LogP contribution in [-0.4, -0.2) is 61.0 Å². The molecule has 22 heavy (non-hydrogen) atoms. The average molecular weight is 307 g/mol. The molecule has 0 spiro atoms. The lowest BCUT2D eigenvalue weighted by atomic mass is 9.92. The van der Waals surface area contributed by atoms with Gasteiger partial charge in [0.15, 0.2) is 0 Å². The van der Waals surface area contributed by atoms with E-state index >= 15 is 0 Å². The highest BCUT2D eigenvalue weighted by atomic mass is 16.2. The Morgan fingerprint density at radius 1 is 1.09 bits per heavy atom. The first-order valence-corrected chi connectivity index (χ1v) is 9.47. The van der Waals surface area contributed by atoms with Gasteiger partial charge in [0, 0.05) is 32.2 Å². The van der Waals surface area contributed by atoms with Crippen LogP contribution in [0.3, 0.4) is 0 Å². The Hall–Kier alpha value is -0.610. The molecule has 0 bridgehead atoms. The van der Waals surface area contributed by atoms with Gasteiger partial charge in [0.25, 0.3) is 0 Å². The normalized spacial score (nSPS) is 34.6. The van der Waals surface area contributed by atoms with Crippen molar-refractivity contribution in [1.82, 2.24) is 15.1 Å². The van der Waals surface area contributed by atoms with Crippen LogP contribution in [0.2, 0.25) is 0 Å². The van der Waals surface area contributed by atoms with Crippen molar-refractivity contribution in [1.29, 1.82) is 0 Å². The number of rotatable bonds is 3. The maximum Gasteiger partial charge on any atom is 0.226 e. The van der Waals surface area contributed by atoms with Crippen LogP contribution in [0, 0.1) is 11.8 Å². The molecule has 3 heterocycles. The van der Waals surface area contributed by atoms with Gasteiger partial charge < -0.3 is 15.1 Å². The summed E-state index contributed by atoms with van der Waals surface area (Å²) in [5.74, 6) is 1.35. The number of carbonyl (C=O) groups is 1. The van der Waals surface area contributed by atoms with E-state index in [4.69, 9.17) is 0 Å². The molecule has 0 aromatic heterocycles. The minimum Gasteiger partial charge on any atom is -0.342 e. The van der Waals surface area contributed by atoms with Gasteiger partial charge >= 0.3 is 0 Å². The Balaban J connectivity index is 1.51. The fourth-order valence-corrected chi connectivity index (χ4v) is 4.50. The van der Waals surface area contributed by atoms with Gasteiger partial charge in [0.05, 0.1) is 5.92 Å². The zero-order valence-corrected chi connectivity index (χ0v) is 14.2. The molecule has 3 saturated heterocycles. The fourth-order valence-electron chi connectivity index (χ4n) is 4.50. The van der Waals surface area contributed by atoms with Crippen LogP contribution in [0.15, 0.2) is 0 Å². The highest BCUT2D eigenvalue weighted by Crippen LogP contribution is 2.24. The molecule has 1 N–H and O–H groups in total. The van der Waals surface area contributed by atoms with E-state index in [0.717, 1.165) is 45.1 Å². The van der Waals surface area contributed by atoms with Crippen molar-refractivity contribution in [2.75, 3.05) is 39.3 Å². The molecule has 3 aliphatic rings. The third-order valence-electron chi connectivity index (χ3n) is 5.91. The van der Waals surface area contributed by atoms with Crippen LogP contribution < -0.4 is 5.32 Å². The number of nitrogens with zero attached hydrogens (tertiary/aromatic N) is 2. The smallest absolute Gasteiger partial charge is 0.226 e. The van der Waals surface area contributed by atoms with E-state index in [9.17, 15) is 4.79 Å². The number of hydrogen-bond donors (Lipinski definition) is 1. The summed E-state index contributed by atoms with van der Waals surface area (Å²) in [6.45, 7) is 8.80. The van der Waals surface area contributed by atoms with Crippen molar-refractivity contribution in [3.8, 4) is 0 Å². The molecule has 3 rings (SSSR count). The fraction of sp³-hybridized carbons (Fsp3) is 0.944. The van der Waals surface area contributed by atoms with Crippen LogP contribution in [0.25, 0.3) is 0 Å². The van der Waals surface area contributed by atoms with Crippen LogP contribution in [0.1, 0.15) is 51.9 Å². The standard InChI is InChI=1S/C18H33N3O/c1-15-6-2-3-10-20(15)13-16-7-5-11-21(14-16)18(22)17-8-4-9-19-12-17/h15-17,19H,2-14H2,1H3. The topological polar surface area (TPSA) is 35.6 Å². The van der Waals surface area contributed by atoms with E-state index in [1.807, 2.05) is 0 Å². The number of carbonyl (C=O) groups excluding carboxylic acids is 1. The van der Waals surface area contributed by atoms with E-state index in [0.29, 0.717) is 11.8 Å². The average Bonchev–Trinajstić information content (AvgIpc) is 2.57. The third-order valence-corrected chi connectivity index (χ3v) is 5.91. The van der Waals surface area contributed by atoms with Crippen molar-refractivity contribution < 1.29 is 4.79 Å². The van der Waals surface area contributed by atoms with Crippen molar-refractivity contribution in [3.63, 3.8) is 0 Å². The molecule has 3 atom stereocenters. The Morgan fingerprint density at radius 3 is 2.77 bits per heavy atom. The van der Waals surface area contributed by atoms with Gasteiger partial charge in [-0.2, -0.15) is 0 Å². The van der Waals surface area contributed by atoms with Gasteiger partial charge in [-0.3, -0.25) is 4.79 Å². The van der Waals surface area contributed by atoms with Crippen LogP contribution in [-0.2, 0) is 4.79 Å². The van der Waals surface area contributed by atoms with Crippen molar-refractivity contribution in [2.45, 2.75) is 57.9 Å². The molecule has 0 aromatic rings. The number of nitrogens with one attached hydrogen (secondary N) is 1. The predicted molar refractivity (Wildman–Crippen MR) is 89.8 cm³/mol. The Bertz CT molecular complexity index is 367. The minimum atomic E-state index is 0.237. The molecule has 0 aliphatic carbocycles. The first-order chi connectivity index (χ1) is 10.7. The SMILES string of the molecule is CC1CCCCN1CC1CCCN(C(=O)C2CCCNC2)C1. The monoisotopic (exact) mass is 307 g/mol. The number of likely N-dealkylation sites (tertiary alicyclic amines) is 2. The van der Waals surface area contributed by atoms with Crippen LogP contribution in [0.5, 0.6) is 0 Å². The van der Waals surface area contributed by atoms with Gasteiger partial charge in [0.2, 0.25) is 5.91 Å². The predicted octanol–water partition coefficient (Wildman–Crippen LogP) is 2.10. The summed E-state index contributed by atoms with van der Waals surface area (Å²) in [4.78, 5) is 17.6. The van der Waals surface area contributed by atoms with Gasteiger partial charge in [-0.1, -0.05) is 6.42 Å². The second kappa shape index (κ2) is 7.78. The molecule has 3 fully saturated rings. The summed E-state index contributed by atoms with van der Waals surface area (Å²) in [7, 11) is 0. The van der Waals surface area contributed by atoms with Crippen molar-refractivity contribution in [2.24, 2.45) is 11.8 Å². The van der Waals surface area contributed by atoms with Gasteiger partial charge in [-0.15, -0.1) is 0 Å². The minimum absolute atomic E-state index is 0.237. The zero-order valence-electron chi connectivity index (χ0n) is 14.2. The molecule has 1 amide bonds. The number of piperidine rings is 3. The molecule has 0 radical (unpaired) electrons. The summed E-state index contributed by atoms with van der Waals surface area (Å²) in [5, 5.41) is 3.38. The number of hydrogen-bond acceptors (Lipinski definition) is 3. The summed E-state index contributed by atoms with van der Waals surface area (Å²) in [5.41, 5.74) is 0. The van der Waals surface area contributed by atoms with E-state index < -0.39 is 0 Å². The Kier molecular flexibility index (Phi) is 5.75. The molecule has 4 heteroatoms. The quantitative estimate of drug-likeness (QED) is 0.867. The molecule has 126 valence electrons. The number of amides is 1. The van der Waals surface area contributed by atoms with E-state index in [2.05, 4.69) is 22.0 Å². The van der Waals surface area contributed by atoms with Gasteiger partial charge in [-0.25, -0.2) is 0 Å². The highest BCUT2D eigenvalue weighted by Gasteiger charge is 2.31. The maximum atomic E-state index is 12.7. The van der Waals surface area contributed by atoms with E-state index in [-0.39, 0.29) is 5.92 Å². The van der Waals surface area contributed by atoms with Gasteiger partial charge in [0.1, 0.15) is 0 Å². The zero-order chi connectivity index (χ0) is 15.4. The second-order valence-electron chi connectivity index (χ2n) is 7.68. The summed E-state index contributed by atoms with van der Waals surface area (Å²) in [6.07, 6.45) is 8.82. The van der Waals surface area contributed by atoms with Crippen LogP contribution in [0.4, 0.5) is 0 Å². The van der Waals surface area contributed by atoms with E-state index in [1.54, 1.807) is 0 Å². The summed E-state index contributed by atoms with van der Waals surface area (Å²) in [6, 6.07) is 0.738.